The third-order valence-electron chi connectivity index (χ3n) is 6.36. The summed E-state index contributed by atoms with van der Waals surface area (Å²) in [6.07, 6.45) is 6.44. The number of halogens is 2. The van der Waals surface area contributed by atoms with Crippen molar-refractivity contribution in [2.45, 2.75) is 51.5 Å². The number of benzene rings is 1. The number of aromatic nitrogens is 2. The molecule has 0 aliphatic heterocycles. The number of aromatic amines is 1. The second-order valence-corrected chi connectivity index (χ2v) is 9.59. The maximum absolute atomic E-state index is 13.2. The Kier molecular flexibility index (Phi) is 10.2. The lowest BCUT2D eigenvalue weighted by molar-refractivity contribution is -0.121. The van der Waals surface area contributed by atoms with Crippen LogP contribution >= 0.6 is 11.6 Å². The number of amides is 3. The maximum atomic E-state index is 13.2. The average molecular weight is 522 g/mol. The Morgan fingerprint density at radius 1 is 1.22 bits per heavy atom. The van der Waals surface area contributed by atoms with E-state index in [9.17, 15) is 18.8 Å². The second kappa shape index (κ2) is 13.4. The minimum atomic E-state index is -0.447. The Hall–Kier alpha value is -2.98. The van der Waals surface area contributed by atoms with Crippen molar-refractivity contribution >= 4 is 35.0 Å². The number of carbonyl (C=O) groups excluding carboxylic acids is 3. The van der Waals surface area contributed by atoms with E-state index in [0.29, 0.717) is 24.8 Å². The van der Waals surface area contributed by atoms with Gasteiger partial charge in [-0.05, 0) is 69.6 Å². The van der Waals surface area contributed by atoms with Gasteiger partial charge in [-0.2, -0.15) is 0 Å². The Labute approximate surface area is 214 Å². The molecule has 0 unspecified atom stereocenters. The van der Waals surface area contributed by atoms with E-state index in [1.165, 1.54) is 24.5 Å². The first-order valence-electron chi connectivity index (χ1n) is 12.2. The first-order valence-corrected chi connectivity index (χ1v) is 12.5. The number of H-pyrrole nitrogens is 1. The van der Waals surface area contributed by atoms with Crippen molar-refractivity contribution < 1.29 is 23.5 Å². The van der Waals surface area contributed by atoms with Crippen LogP contribution < -0.4 is 16.0 Å². The van der Waals surface area contributed by atoms with Crippen LogP contribution in [0, 0.1) is 17.7 Å². The molecule has 1 aliphatic carbocycles. The highest BCUT2D eigenvalue weighted by Crippen LogP contribution is 2.33. The van der Waals surface area contributed by atoms with Crippen molar-refractivity contribution in [1.29, 1.82) is 0 Å². The minimum absolute atomic E-state index is 0.0500. The summed E-state index contributed by atoms with van der Waals surface area (Å²) in [5, 5.41) is 8.57. The van der Waals surface area contributed by atoms with Crippen LogP contribution in [0.15, 0.2) is 24.5 Å². The van der Waals surface area contributed by atoms with Crippen molar-refractivity contribution in [2.75, 3.05) is 25.6 Å². The molecule has 0 spiro atoms. The van der Waals surface area contributed by atoms with Gasteiger partial charge in [-0.1, -0.05) is 11.6 Å². The van der Waals surface area contributed by atoms with E-state index >= 15 is 0 Å². The molecule has 3 amide bonds. The summed E-state index contributed by atoms with van der Waals surface area (Å²) in [6.45, 7) is 2.63. The molecule has 3 rings (SSSR count). The summed E-state index contributed by atoms with van der Waals surface area (Å²) in [5.41, 5.74) is 0.599. The van der Waals surface area contributed by atoms with Gasteiger partial charge in [-0.25, -0.2) is 9.37 Å². The van der Waals surface area contributed by atoms with Gasteiger partial charge in [0.25, 0.3) is 11.8 Å². The van der Waals surface area contributed by atoms with Crippen LogP contribution in [0.5, 0.6) is 0 Å². The van der Waals surface area contributed by atoms with Gasteiger partial charge in [-0.15, -0.1) is 0 Å². The quantitative estimate of drug-likeness (QED) is 0.333. The van der Waals surface area contributed by atoms with Crippen LogP contribution in [0.3, 0.4) is 0 Å². The van der Waals surface area contributed by atoms with Gasteiger partial charge in [0.2, 0.25) is 5.91 Å². The molecule has 196 valence electrons. The fourth-order valence-corrected chi connectivity index (χ4v) is 4.66. The van der Waals surface area contributed by atoms with Gasteiger partial charge in [0.05, 0.1) is 23.6 Å². The number of ether oxygens (including phenoxy) is 1. The molecule has 1 heterocycles. The number of hydrogen-bond donors (Lipinski definition) is 4. The van der Waals surface area contributed by atoms with Crippen LogP contribution in [0.1, 0.15) is 66.4 Å². The zero-order chi connectivity index (χ0) is 26.1. The van der Waals surface area contributed by atoms with Crippen LogP contribution in [-0.4, -0.2) is 54.0 Å². The number of nitrogens with one attached hydrogen (secondary N) is 4. The van der Waals surface area contributed by atoms with E-state index in [4.69, 9.17) is 16.3 Å². The predicted octanol–water partition coefficient (Wildman–Crippen LogP) is 3.92. The molecule has 0 saturated heterocycles. The van der Waals surface area contributed by atoms with E-state index < -0.39 is 11.7 Å². The summed E-state index contributed by atoms with van der Waals surface area (Å²) < 4.78 is 18.2. The number of rotatable bonds is 11. The second-order valence-electron chi connectivity index (χ2n) is 9.19. The monoisotopic (exact) mass is 521 g/mol. The van der Waals surface area contributed by atoms with Gasteiger partial charge in [0, 0.05) is 25.6 Å². The molecular weight excluding hydrogens is 489 g/mol. The van der Waals surface area contributed by atoms with Crippen molar-refractivity contribution in [3.63, 3.8) is 0 Å². The molecule has 1 aromatic heterocycles. The van der Waals surface area contributed by atoms with Gasteiger partial charge >= 0.3 is 0 Å². The molecule has 11 heteroatoms. The smallest absolute Gasteiger partial charge is 0.272 e. The van der Waals surface area contributed by atoms with Crippen LogP contribution in [0.25, 0.3) is 0 Å². The molecule has 9 nitrogen and oxygen atoms in total. The Morgan fingerprint density at radius 3 is 2.67 bits per heavy atom. The first-order chi connectivity index (χ1) is 17.3. The van der Waals surface area contributed by atoms with Gasteiger partial charge in [-0.3, -0.25) is 14.4 Å². The Morgan fingerprint density at radius 2 is 1.97 bits per heavy atom. The van der Waals surface area contributed by atoms with E-state index in [0.717, 1.165) is 38.5 Å². The topological polar surface area (TPSA) is 125 Å². The average Bonchev–Trinajstić information content (AvgIpc) is 3.34. The molecule has 1 aliphatic rings. The zero-order valence-electron chi connectivity index (χ0n) is 20.5. The van der Waals surface area contributed by atoms with E-state index in [1.54, 1.807) is 14.0 Å². The fraction of sp³-hybridized carbons (Fsp3) is 0.520. The molecular formula is C25H33ClFN5O4. The van der Waals surface area contributed by atoms with Crippen molar-refractivity contribution in [3.8, 4) is 0 Å². The largest absolute Gasteiger partial charge is 0.383 e. The molecule has 1 aromatic carbocycles. The molecule has 2 aromatic rings. The van der Waals surface area contributed by atoms with Gasteiger partial charge < -0.3 is 25.7 Å². The van der Waals surface area contributed by atoms with Crippen molar-refractivity contribution in [2.24, 2.45) is 11.8 Å². The lowest BCUT2D eigenvalue weighted by atomic mass is 9.79. The highest BCUT2D eigenvalue weighted by molar-refractivity contribution is 6.33. The number of methoxy groups -OCH3 is 1. The van der Waals surface area contributed by atoms with Crippen molar-refractivity contribution in [1.82, 2.24) is 20.6 Å². The normalized spacial score (nSPS) is 18.3. The third-order valence-corrected chi connectivity index (χ3v) is 6.67. The summed E-state index contributed by atoms with van der Waals surface area (Å²) in [5.74, 6) is -0.969. The van der Waals surface area contributed by atoms with E-state index in [-0.39, 0.29) is 40.2 Å². The molecule has 1 saturated carbocycles. The molecule has 0 radical (unpaired) electrons. The molecule has 1 atom stereocenters. The highest BCUT2D eigenvalue weighted by atomic mass is 35.5. The van der Waals surface area contributed by atoms with Crippen molar-refractivity contribution in [3.05, 3.63) is 46.8 Å². The Balaban J connectivity index is 1.36. The van der Waals surface area contributed by atoms with Crippen LogP contribution in [0.4, 0.5) is 10.1 Å². The lowest BCUT2D eigenvalue weighted by Crippen LogP contribution is -2.37. The minimum Gasteiger partial charge on any atom is -0.383 e. The Bertz CT molecular complexity index is 1050. The number of imidazole rings is 1. The summed E-state index contributed by atoms with van der Waals surface area (Å²) in [6, 6.07) is 3.70. The number of hydrogen-bond acceptors (Lipinski definition) is 5. The highest BCUT2D eigenvalue weighted by Gasteiger charge is 2.27. The number of carbonyl (C=O) groups is 3. The predicted molar refractivity (Wildman–Crippen MR) is 134 cm³/mol. The fourth-order valence-electron chi connectivity index (χ4n) is 4.44. The van der Waals surface area contributed by atoms with E-state index in [2.05, 4.69) is 25.9 Å². The number of anilines is 1. The van der Waals surface area contributed by atoms with Gasteiger partial charge in [0.1, 0.15) is 11.5 Å². The SMILES string of the molecule is COC[C@H](C)NC(=O)c1nc[nH]c1C(=O)NCCCC1CCC(C(=O)Nc2ccc(F)cc2Cl)CC1. The summed E-state index contributed by atoms with van der Waals surface area (Å²) in [4.78, 5) is 44.2. The van der Waals surface area contributed by atoms with E-state index in [1.807, 2.05) is 0 Å². The van der Waals surface area contributed by atoms with Crippen LogP contribution in [0.2, 0.25) is 5.02 Å². The van der Waals surface area contributed by atoms with Crippen LogP contribution in [-0.2, 0) is 9.53 Å². The maximum Gasteiger partial charge on any atom is 0.272 e. The first kappa shape index (κ1) is 27.6. The molecule has 36 heavy (non-hydrogen) atoms. The summed E-state index contributed by atoms with van der Waals surface area (Å²) >= 11 is 6.00. The number of nitrogens with zero attached hydrogens (tertiary/aromatic N) is 1. The molecule has 4 N–H and O–H groups in total. The standard InChI is InChI=1S/C25H33ClFN5O4/c1-15(13-36-2)31-25(35)22-21(29-14-30-22)24(34)28-11-3-4-16-5-7-17(8-6-16)23(33)32-20-10-9-18(27)12-19(20)26/h9-10,12,14-17H,3-8,11,13H2,1-2H3,(H,28,34)(H,29,30)(H,31,35)(H,32,33)/t15-,16?,17?/m0/s1. The zero-order valence-corrected chi connectivity index (χ0v) is 21.3. The molecule has 1 fully saturated rings. The molecule has 0 bridgehead atoms. The third kappa shape index (κ3) is 7.76. The summed E-state index contributed by atoms with van der Waals surface area (Å²) in [7, 11) is 1.55. The lowest BCUT2D eigenvalue weighted by Gasteiger charge is -2.28. The van der Waals surface area contributed by atoms with Gasteiger partial charge in [0.15, 0.2) is 5.69 Å².